The molecule has 126 valence electrons. The molecule has 0 radical (unpaired) electrons. The Morgan fingerprint density at radius 2 is 2.14 bits per heavy atom. The molecule has 1 aromatic heterocycles. The van der Waals surface area contributed by atoms with Crippen molar-refractivity contribution in [2.75, 3.05) is 32.9 Å². The van der Waals surface area contributed by atoms with E-state index in [9.17, 15) is 13.2 Å². The number of urea groups is 1. The van der Waals surface area contributed by atoms with Gasteiger partial charge in [-0.2, -0.15) is 0 Å². The lowest BCUT2D eigenvalue weighted by Gasteiger charge is -2.19. The second-order valence-corrected chi connectivity index (χ2v) is 8.10. The van der Waals surface area contributed by atoms with E-state index in [1.165, 1.54) is 10.6 Å². The minimum absolute atomic E-state index is 0.187. The zero-order valence-corrected chi connectivity index (χ0v) is 15.1. The lowest BCUT2D eigenvalue weighted by molar-refractivity contribution is 0.206. The molecule has 0 spiro atoms. The first kappa shape index (κ1) is 18.9. The number of amides is 2. The summed E-state index contributed by atoms with van der Waals surface area (Å²) < 4.78 is 24.2. The standard InChI is InChI=1S/C13H24N4O3S2/c1-5-17(22(4,19)20)8-6-7-14-13(18)16(3)9-12-10-21-11(2)15-12/h10H,5-9H2,1-4H3,(H,14,18). The smallest absolute Gasteiger partial charge is 0.317 e. The van der Waals surface area contributed by atoms with Crippen molar-refractivity contribution < 1.29 is 13.2 Å². The van der Waals surface area contributed by atoms with Gasteiger partial charge < -0.3 is 10.2 Å². The van der Waals surface area contributed by atoms with E-state index in [1.807, 2.05) is 12.3 Å². The normalized spacial score (nSPS) is 11.7. The molecule has 1 heterocycles. The molecule has 1 N–H and O–H groups in total. The van der Waals surface area contributed by atoms with Crippen molar-refractivity contribution in [2.24, 2.45) is 0 Å². The minimum atomic E-state index is -3.17. The maximum atomic E-state index is 11.9. The monoisotopic (exact) mass is 348 g/mol. The number of carbonyl (C=O) groups excluding carboxylic acids is 1. The molecule has 0 aliphatic carbocycles. The first-order chi connectivity index (χ1) is 10.2. The van der Waals surface area contributed by atoms with E-state index < -0.39 is 10.0 Å². The van der Waals surface area contributed by atoms with Gasteiger partial charge >= 0.3 is 6.03 Å². The first-order valence-corrected chi connectivity index (χ1v) is 9.82. The molecule has 0 aromatic carbocycles. The highest BCUT2D eigenvalue weighted by Gasteiger charge is 2.14. The van der Waals surface area contributed by atoms with Crippen LogP contribution in [0, 0.1) is 6.92 Å². The van der Waals surface area contributed by atoms with Crippen molar-refractivity contribution in [1.82, 2.24) is 19.5 Å². The van der Waals surface area contributed by atoms with Gasteiger partial charge in [-0.05, 0) is 13.3 Å². The van der Waals surface area contributed by atoms with E-state index in [2.05, 4.69) is 10.3 Å². The van der Waals surface area contributed by atoms with E-state index in [0.717, 1.165) is 10.7 Å². The molecule has 0 bridgehead atoms. The Hall–Kier alpha value is -1.19. The number of hydrogen-bond acceptors (Lipinski definition) is 5. The van der Waals surface area contributed by atoms with E-state index in [4.69, 9.17) is 0 Å². The third-order valence-electron chi connectivity index (χ3n) is 3.09. The summed E-state index contributed by atoms with van der Waals surface area (Å²) in [5, 5.41) is 5.69. The number of nitrogens with one attached hydrogen (secondary N) is 1. The van der Waals surface area contributed by atoms with Crippen LogP contribution in [-0.4, -0.2) is 61.6 Å². The zero-order chi connectivity index (χ0) is 16.8. The predicted octanol–water partition coefficient (Wildman–Crippen LogP) is 1.26. The van der Waals surface area contributed by atoms with Gasteiger partial charge in [-0.3, -0.25) is 0 Å². The van der Waals surface area contributed by atoms with E-state index >= 15 is 0 Å². The Balaban J connectivity index is 2.30. The molecule has 1 rings (SSSR count). The Morgan fingerprint density at radius 1 is 1.45 bits per heavy atom. The highest BCUT2D eigenvalue weighted by Crippen LogP contribution is 2.09. The van der Waals surface area contributed by atoms with Gasteiger partial charge in [0.05, 0.1) is 23.5 Å². The molecule has 9 heteroatoms. The van der Waals surface area contributed by atoms with Crippen LogP contribution in [-0.2, 0) is 16.6 Å². The zero-order valence-electron chi connectivity index (χ0n) is 13.5. The van der Waals surface area contributed by atoms with Crippen LogP contribution in [0.3, 0.4) is 0 Å². The van der Waals surface area contributed by atoms with Crippen LogP contribution in [0.5, 0.6) is 0 Å². The highest BCUT2D eigenvalue weighted by atomic mass is 32.2. The van der Waals surface area contributed by atoms with Gasteiger partial charge in [0, 0.05) is 32.1 Å². The third-order valence-corrected chi connectivity index (χ3v) is 5.30. The fourth-order valence-corrected chi connectivity index (χ4v) is 3.47. The van der Waals surface area contributed by atoms with Crippen LogP contribution in [0.15, 0.2) is 5.38 Å². The number of sulfonamides is 1. The topological polar surface area (TPSA) is 82.6 Å². The number of aryl methyl sites for hydroxylation is 1. The number of aromatic nitrogens is 1. The van der Waals surface area contributed by atoms with Gasteiger partial charge in [0.25, 0.3) is 0 Å². The van der Waals surface area contributed by atoms with Crippen LogP contribution < -0.4 is 5.32 Å². The summed E-state index contributed by atoms with van der Waals surface area (Å²) in [6, 6.07) is -0.187. The van der Waals surface area contributed by atoms with Gasteiger partial charge in [-0.15, -0.1) is 11.3 Å². The van der Waals surface area contributed by atoms with Crippen LogP contribution in [0.25, 0.3) is 0 Å². The molecule has 0 saturated heterocycles. The lowest BCUT2D eigenvalue weighted by Crippen LogP contribution is -2.39. The minimum Gasteiger partial charge on any atom is -0.338 e. The van der Waals surface area contributed by atoms with Gasteiger partial charge in [0.1, 0.15) is 0 Å². The molecule has 22 heavy (non-hydrogen) atoms. The maximum Gasteiger partial charge on any atom is 0.317 e. The average molecular weight is 348 g/mol. The van der Waals surface area contributed by atoms with E-state index in [1.54, 1.807) is 30.2 Å². The number of carbonyl (C=O) groups is 1. The van der Waals surface area contributed by atoms with Gasteiger partial charge in [-0.25, -0.2) is 22.5 Å². The lowest BCUT2D eigenvalue weighted by atomic mass is 10.4. The summed E-state index contributed by atoms with van der Waals surface area (Å²) in [5.74, 6) is 0. The van der Waals surface area contributed by atoms with Crippen LogP contribution >= 0.6 is 11.3 Å². The number of rotatable bonds is 8. The SMILES string of the molecule is CCN(CCCNC(=O)N(C)Cc1csc(C)n1)S(C)(=O)=O. The van der Waals surface area contributed by atoms with Crippen LogP contribution in [0.2, 0.25) is 0 Å². The fraction of sp³-hybridized carbons (Fsp3) is 0.692. The van der Waals surface area contributed by atoms with Gasteiger partial charge in [0.2, 0.25) is 10.0 Å². The average Bonchev–Trinajstić information content (AvgIpc) is 2.82. The Labute approximate surface area is 136 Å². The van der Waals surface area contributed by atoms with Gasteiger partial charge in [-0.1, -0.05) is 6.92 Å². The Kier molecular flexibility index (Phi) is 7.24. The molecule has 1 aromatic rings. The molecule has 7 nitrogen and oxygen atoms in total. The molecule has 0 saturated carbocycles. The van der Waals surface area contributed by atoms with Gasteiger partial charge in [0.15, 0.2) is 0 Å². The fourth-order valence-electron chi connectivity index (χ4n) is 1.94. The van der Waals surface area contributed by atoms with Crippen molar-refractivity contribution in [1.29, 1.82) is 0 Å². The number of hydrogen-bond donors (Lipinski definition) is 1. The molecule has 2 amide bonds. The summed E-state index contributed by atoms with van der Waals surface area (Å²) in [5.41, 5.74) is 0.870. The largest absolute Gasteiger partial charge is 0.338 e. The molecule has 0 fully saturated rings. The van der Waals surface area contributed by atoms with Crippen LogP contribution in [0.1, 0.15) is 24.0 Å². The van der Waals surface area contributed by atoms with Crippen molar-refractivity contribution in [2.45, 2.75) is 26.8 Å². The Bertz CT molecular complexity index is 586. The third kappa shape index (κ3) is 6.29. The van der Waals surface area contributed by atoms with Crippen molar-refractivity contribution in [3.05, 3.63) is 16.1 Å². The molecule has 0 unspecified atom stereocenters. The number of thiazole rings is 1. The quantitative estimate of drug-likeness (QED) is 0.717. The maximum absolute atomic E-state index is 11.9. The summed E-state index contributed by atoms with van der Waals surface area (Å²) in [6.45, 7) is 5.46. The summed E-state index contributed by atoms with van der Waals surface area (Å²) in [4.78, 5) is 17.8. The van der Waals surface area contributed by atoms with E-state index in [0.29, 0.717) is 32.6 Å². The predicted molar refractivity (Wildman–Crippen MR) is 88.4 cm³/mol. The molecule has 0 aliphatic rings. The highest BCUT2D eigenvalue weighted by molar-refractivity contribution is 7.88. The first-order valence-electron chi connectivity index (χ1n) is 7.09. The molecular formula is C13H24N4O3S2. The van der Waals surface area contributed by atoms with Crippen molar-refractivity contribution >= 4 is 27.4 Å². The summed E-state index contributed by atoms with van der Waals surface area (Å²) in [7, 11) is -1.46. The molecule has 0 aliphatic heterocycles. The Morgan fingerprint density at radius 3 is 2.64 bits per heavy atom. The second-order valence-electron chi connectivity index (χ2n) is 5.05. The number of nitrogens with zero attached hydrogens (tertiary/aromatic N) is 3. The van der Waals surface area contributed by atoms with Crippen molar-refractivity contribution in [3.63, 3.8) is 0 Å². The molecule has 0 atom stereocenters. The second kappa shape index (κ2) is 8.44. The summed E-state index contributed by atoms with van der Waals surface area (Å²) >= 11 is 1.56. The molecular weight excluding hydrogens is 324 g/mol. The van der Waals surface area contributed by atoms with Crippen molar-refractivity contribution in [3.8, 4) is 0 Å². The van der Waals surface area contributed by atoms with E-state index in [-0.39, 0.29) is 6.03 Å². The van der Waals surface area contributed by atoms with Crippen LogP contribution in [0.4, 0.5) is 4.79 Å². The summed E-state index contributed by atoms with van der Waals surface area (Å²) in [6.07, 6.45) is 1.77.